The summed E-state index contributed by atoms with van der Waals surface area (Å²) in [6.45, 7) is 5.21. The Hall–Kier alpha value is -2.88. The molecule has 0 radical (unpaired) electrons. The number of guanidine groups is 1. The Labute approximate surface area is 200 Å². The van der Waals surface area contributed by atoms with Gasteiger partial charge in [-0.25, -0.2) is 4.68 Å². The van der Waals surface area contributed by atoms with E-state index in [2.05, 4.69) is 51.2 Å². The minimum Gasteiger partial charge on any atom is -0.355 e. The smallest absolute Gasteiger partial charge is 0.251 e. The van der Waals surface area contributed by atoms with Crippen LogP contribution < -0.4 is 16.0 Å². The van der Waals surface area contributed by atoms with Gasteiger partial charge in [-0.1, -0.05) is 30.3 Å². The molecule has 3 aromatic rings. The van der Waals surface area contributed by atoms with E-state index in [1.807, 2.05) is 41.9 Å². The second-order valence-electron chi connectivity index (χ2n) is 7.03. The highest BCUT2D eigenvalue weighted by atomic mass is 127. The molecular weight excluding hydrogens is 503 g/mol. The van der Waals surface area contributed by atoms with Gasteiger partial charge < -0.3 is 16.0 Å². The maximum atomic E-state index is 11.8. The van der Waals surface area contributed by atoms with Crippen molar-refractivity contribution in [3.8, 4) is 5.69 Å². The van der Waals surface area contributed by atoms with Crippen LogP contribution in [0, 0.1) is 13.8 Å². The van der Waals surface area contributed by atoms with E-state index < -0.39 is 0 Å². The first-order valence-electron chi connectivity index (χ1n) is 9.89. The highest BCUT2D eigenvalue weighted by molar-refractivity contribution is 14.0. The zero-order valence-electron chi connectivity index (χ0n) is 18.3. The van der Waals surface area contributed by atoms with E-state index in [9.17, 15) is 4.79 Å². The first-order chi connectivity index (χ1) is 14.5. The summed E-state index contributed by atoms with van der Waals surface area (Å²) in [6.07, 6.45) is 0. The van der Waals surface area contributed by atoms with Crippen LogP contribution in [0.3, 0.4) is 0 Å². The molecule has 0 bridgehead atoms. The number of rotatable bonds is 6. The van der Waals surface area contributed by atoms with Crippen molar-refractivity contribution >= 4 is 35.8 Å². The summed E-state index contributed by atoms with van der Waals surface area (Å²) in [6, 6.07) is 17.8. The lowest BCUT2D eigenvalue weighted by atomic mass is 10.1. The van der Waals surface area contributed by atoms with Crippen LogP contribution in [0.2, 0.25) is 0 Å². The van der Waals surface area contributed by atoms with E-state index in [0.29, 0.717) is 24.6 Å². The van der Waals surface area contributed by atoms with Crippen LogP contribution in [0.15, 0.2) is 59.6 Å². The van der Waals surface area contributed by atoms with Gasteiger partial charge in [-0.3, -0.25) is 9.79 Å². The number of aromatic nitrogens is 2. The molecule has 0 aliphatic rings. The van der Waals surface area contributed by atoms with Crippen LogP contribution in [0.1, 0.15) is 32.9 Å². The van der Waals surface area contributed by atoms with Gasteiger partial charge in [0.15, 0.2) is 5.96 Å². The molecule has 1 amide bonds. The third-order valence-electron chi connectivity index (χ3n) is 4.78. The number of carbonyl (C=O) groups excluding carboxylic acids is 1. The molecule has 0 unspecified atom stereocenters. The summed E-state index contributed by atoms with van der Waals surface area (Å²) in [5.74, 6) is 0.587. The number of halogens is 1. The lowest BCUT2D eigenvalue weighted by molar-refractivity contribution is 0.0963. The lowest BCUT2D eigenvalue weighted by Crippen LogP contribution is -2.36. The average Bonchev–Trinajstić information content (AvgIpc) is 3.11. The highest BCUT2D eigenvalue weighted by Crippen LogP contribution is 2.17. The maximum absolute atomic E-state index is 11.8. The van der Waals surface area contributed by atoms with Crippen LogP contribution in [0.5, 0.6) is 0 Å². The highest BCUT2D eigenvalue weighted by Gasteiger charge is 2.09. The Bertz CT molecular complexity index is 1060. The second-order valence-corrected chi connectivity index (χ2v) is 7.03. The Balaban J connectivity index is 0.00000341. The van der Waals surface area contributed by atoms with Crippen LogP contribution in [0.25, 0.3) is 5.69 Å². The molecule has 0 aliphatic heterocycles. The molecule has 0 saturated carbocycles. The number of nitrogens with zero attached hydrogens (tertiary/aromatic N) is 3. The third kappa shape index (κ3) is 6.30. The molecule has 164 valence electrons. The molecule has 3 rings (SSSR count). The van der Waals surface area contributed by atoms with Gasteiger partial charge in [0.25, 0.3) is 5.91 Å². The van der Waals surface area contributed by atoms with Crippen LogP contribution in [-0.2, 0) is 13.1 Å². The van der Waals surface area contributed by atoms with Gasteiger partial charge in [-0.15, -0.1) is 24.0 Å². The van der Waals surface area contributed by atoms with E-state index in [-0.39, 0.29) is 29.9 Å². The molecule has 0 saturated heterocycles. The van der Waals surface area contributed by atoms with Gasteiger partial charge >= 0.3 is 0 Å². The first kappa shape index (κ1) is 24.4. The number of nitrogens with one attached hydrogen (secondary N) is 3. The van der Waals surface area contributed by atoms with Gasteiger partial charge in [-0.2, -0.15) is 5.10 Å². The van der Waals surface area contributed by atoms with Crippen molar-refractivity contribution in [2.24, 2.45) is 4.99 Å². The number of carbonyl (C=O) groups is 1. The summed E-state index contributed by atoms with van der Waals surface area (Å²) in [5.41, 5.74) is 5.89. The third-order valence-corrected chi connectivity index (χ3v) is 4.78. The van der Waals surface area contributed by atoms with E-state index >= 15 is 0 Å². The summed E-state index contributed by atoms with van der Waals surface area (Å²) in [7, 11) is 3.37. The van der Waals surface area contributed by atoms with Crippen molar-refractivity contribution in [1.29, 1.82) is 0 Å². The predicted octanol–water partition coefficient (Wildman–Crippen LogP) is 3.33. The van der Waals surface area contributed by atoms with Crippen LogP contribution in [-0.4, -0.2) is 35.7 Å². The quantitative estimate of drug-likeness (QED) is 0.259. The minimum absolute atomic E-state index is 0. The average molecular weight is 532 g/mol. The second kappa shape index (κ2) is 11.5. The van der Waals surface area contributed by atoms with Gasteiger partial charge in [0.1, 0.15) is 0 Å². The van der Waals surface area contributed by atoms with E-state index in [1.54, 1.807) is 20.2 Å². The summed E-state index contributed by atoms with van der Waals surface area (Å²) < 4.78 is 1.97. The molecule has 1 aromatic heterocycles. The van der Waals surface area contributed by atoms with Crippen molar-refractivity contribution < 1.29 is 4.79 Å². The standard InChI is InChI=1S/C23H28N6O.HI/c1-16-12-17(2)29(28-16)21-11-6-5-9-20(21)15-27-23(25-4)26-14-18-8-7-10-19(13-18)22(30)24-3;/h5-13H,14-15H2,1-4H3,(H,24,30)(H2,25,26,27);1H. The first-order valence-corrected chi connectivity index (χ1v) is 9.89. The molecule has 7 nitrogen and oxygen atoms in total. The fourth-order valence-electron chi connectivity index (χ4n) is 3.29. The maximum Gasteiger partial charge on any atom is 0.251 e. The van der Waals surface area contributed by atoms with Gasteiger partial charge in [0.2, 0.25) is 0 Å². The number of benzene rings is 2. The summed E-state index contributed by atoms with van der Waals surface area (Å²) in [4.78, 5) is 16.1. The van der Waals surface area contributed by atoms with Crippen LogP contribution in [0.4, 0.5) is 0 Å². The van der Waals surface area contributed by atoms with Gasteiger partial charge in [0.05, 0.1) is 11.4 Å². The normalized spacial score (nSPS) is 10.9. The molecule has 1 heterocycles. The number of para-hydroxylation sites is 1. The SMILES string of the molecule is CN=C(NCc1cccc(C(=O)NC)c1)NCc1ccccc1-n1nc(C)cc1C.I. The molecule has 0 spiro atoms. The molecule has 31 heavy (non-hydrogen) atoms. The lowest BCUT2D eigenvalue weighted by Gasteiger charge is -2.15. The number of hydrogen-bond donors (Lipinski definition) is 3. The van der Waals surface area contributed by atoms with Gasteiger partial charge in [0, 0.05) is 38.4 Å². The van der Waals surface area contributed by atoms with Crippen molar-refractivity contribution in [3.63, 3.8) is 0 Å². The fraction of sp³-hybridized carbons (Fsp3) is 0.261. The molecular formula is C23H29IN6O. The number of aryl methyl sites for hydroxylation is 2. The minimum atomic E-state index is -0.0971. The van der Waals surface area contributed by atoms with Crippen LogP contribution >= 0.6 is 24.0 Å². The fourth-order valence-corrected chi connectivity index (χ4v) is 3.29. The summed E-state index contributed by atoms with van der Waals surface area (Å²) >= 11 is 0. The predicted molar refractivity (Wildman–Crippen MR) is 135 cm³/mol. The Morgan fingerprint density at radius 1 is 1.03 bits per heavy atom. The Morgan fingerprint density at radius 3 is 2.45 bits per heavy atom. The topological polar surface area (TPSA) is 83.3 Å². The van der Waals surface area contributed by atoms with Crippen molar-refractivity contribution in [1.82, 2.24) is 25.7 Å². The van der Waals surface area contributed by atoms with E-state index in [0.717, 1.165) is 28.2 Å². The molecule has 0 fully saturated rings. The van der Waals surface area contributed by atoms with E-state index in [1.165, 1.54) is 0 Å². The number of hydrogen-bond acceptors (Lipinski definition) is 3. The number of aliphatic imine (C=N–C) groups is 1. The number of amides is 1. The van der Waals surface area contributed by atoms with Crippen molar-refractivity contribution in [2.75, 3.05) is 14.1 Å². The Morgan fingerprint density at radius 2 is 1.77 bits per heavy atom. The molecule has 2 aromatic carbocycles. The Kier molecular flexibility index (Phi) is 9.04. The largest absolute Gasteiger partial charge is 0.355 e. The monoisotopic (exact) mass is 532 g/mol. The zero-order chi connectivity index (χ0) is 21.5. The molecule has 8 heteroatoms. The molecule has 0 atom stereocenters. The molecule has 0 aliphatic carbocycles. The van der Waals surface area contributed by atoms with Crippen molar-refractivity contribution in [2.45, 2.75) is 26.9 Å². The zero-order valence-corrected chi connectivity index (χ0v) is 20.6. The summed E-state index contributed by atoms with van der Waals surface area (Å²) in [5, 5.41) is 13.9. The van der Waals surface area contributed by atoms with Crippen molar-refractivity contribution in [3.05, 3.63) is 82.7 Å². The van der Waals surface area contributed by atoms with E-state index in [4.69, 9.17) is 0 Å². The van der Waals surface area contributed by atoms with Gasteiger partial charge in [-0.05, 0) is 49.2 Å². The molecule has 3 N–H and O–H groups in total.